The number of carbonyl (C=O) groups excluding carboxylic acids is 3. The summed E-state index contributed by atoms with van der Waals surface area (Å²) in [6.45, 7) is 4.15. The second-order valence-electron chi connectivity index (χ2n) is 5.33. The Morgan fingerprint density at radius 3 is 2.25 bits per heavy atom. The Balaban J connectivity index is 2.46. The van der Waals surface area contributed by atoms with Crippen molar-refractivity contribution in [3.8, 4) is 0 Å². The predicted molar refractivity (Wildman–Crippen MR) is 74.3 cm³/mol. The summed E-state index contributed by atoms with van der Waals surface area (Å²) in [4.78, 5) is 39.9. The molecule has 0 aromatic carbocycles. The monoisotopic (exact) mass is 283 g/mol. The molecule has 1 aliphatic heterocycles. The van der Waals surface area contributed by atoms with Gasteiger partial charge in [-0.15, -0.1) is 5.06 Å². The van der Waals surface area contributed by atoms with Crippen molar-refractivity contribution in [1.82, 2.24) is 5.06 Å². The van der Waals surface area contributed by atoms with Gasteiger partial charge in [0.2, 0.25) is 0 Å². The van der Waals surface area contributed by atoms with Gasteiger partial charge in [-0.05, 0) is 12.8 Å². The van der Waals surface area contributed by atoms with Gasteiger partial charge < -0.3 is 4.84 Å². The van der Waals surface area contributed by atoms with E-state index in [9.17, 15) is 14.4 Å². The molecule has 0 spiro atoms. The molecule has 1 aliphatic rings. The van der Waals surface area contributed by atoms with Crippen LogP contribution >= 0.6 is 0 Å². The molecule has 0 aromatic heterocycles. The van der Waals surface area contributed by atoms with Gasteiger partial charge in [-0.3, -0.25) is 9.59 Å². The minimum atomic E-state index is -0.438. The zero-order chi connectivity index (χ0) is 15.0. The molecule has 1 saturated heterocycles. The molecular formula is C15H25NO4. The van der Waals surface area contributed by atoms with E-state index < -0.39 is 17.8 Å². The van der Waals surface area contributed by atoms with Crippen LogP contribution in [0.1, 0.15) is 71.6 Å². The molecule has 5 nitrogen and oxygen atoms in total. The van der Waals surface area contributed by atoms with Gasteiger partial charge >= 0.3 is 5.97 Å². The average Bonchev–Trinajstić information content (AvgIpc) is 2.74. The summed E-state index contributed by atoms with van der Waals surface area (Å²) in [5.41, 5.74) is 0. The summed E-state index contributed by atoms with van der Waals surface area (Å²) in [7, 11) is 0. The van der Waals surface area contributed by atoms with Crippen LogP contribution in [-0.2, 0) is 19.2 Å². The number of hydrogen-bond donors (Lipinski definition) is 0. The topological polar surface area (TPSA) is 63.7 Å². The van der Waals surface area contributed by atoms with Crippen LogP contribution in [0, 0.1) is 5.92 Å². The Kier molecular flexibility index (Phi) is 7.26. The quantitative estimate of drug-likeness (QED) is 0.482. The first-order valence-electron chi connectivity index (χ1n) is 7.67. The van der Waals surface area contributed by atoms with E-state index >= 15 is 0 Å². The number of carbonyl (C=O) groups is 3. The van der Waals surface area contributed by atoms with Gasteiger partial charge in [0.05, 0.1) is 5.92 Å². The van der Waals surface area contributed by atoms with E-state index in [0.29, 0.717) is 5.06 Å². The zero-order valence-electron chi connectivity index (χ0n) is 12.5. The van der Waals surface area contributed by atoms with Gasteiger partial charge in [0.25, 0.3) is 11.8 Å². The molecular weight excluding hydrogens is 258 g/mol. The summed E-state index contributed by atoms with van der Waals surface area (Å²) in [5, 5.41) is 0.650. The highest BCUT2D eigenvalue weighted by molar-refractivity contribution is 6.01. The minimum absolute atomic E-state index is 0.140. The van der Waals surface area contributed by atoms with Crippen LogP contribution in [0.15, 0.2) is 0 Å². The standard InChI is InChI=1S/C15H25NO4/c1-3-5-6-7-9-12(8-4-2)15(19)20-16-13(17)10-11-14(16)18/h12H,3-11H2,1-2H3. The number of amides is 2. The lowest BCUT2D eigenvalue weighted by Crippen LogP contribution is -2.34. The maximum atomic E-state index is 12.1. The first-order chi connectivity index (χ1) is 9.60. The predicted octanol–water partition coefficient (Wildman–Crippen LogP) is 2.98. The Morgan fingerprint density at radius 1 is 1.05 bits per heavy atom. The van der Waals surface area contributed by atoms with Crippen molar-refractivity contribution in [2.75, 3.05) is 0 Å². The number of imide groups is 1. The molecule has 0 N–H and O–H groups in total. The molecule has 1 heterocycles. The van der Waals surface area contributed by atoms with Crippen LogP contribution < -0.4 is 0 Å². The molecule has 0 radical (unpaired) electrons. The van der Waals surface area contributed by atoms with Crippen LogP contribution in [0.5, 0.6) is 0 Å². The first-order valence-corrected chi connectivity index (χ1v) is 7.67. The van der Waals surface area contributed by atoms with Crippen molar-refractivity contribution >= 4 is 17.8 Å². The van der Waals surface area contributed by atoms with Gasteiger partial charge in [-0.2, -0.15) is 0 Å². The second kappa shape index (κ2) is 8.72. The van der Waals surface area contributed by atoms with Crippen LogP contribution in [0.25, 0.3) is 0 Å². The Labute approximate surface area is 120 Å². The molecule has 20 heavy (non-hydrogen) atoms. The molecule has 2 amide bonds. The summed E-state index contributed by atoms with van der Waals surface area (Å²) in [5.74, 6) is -1.47. The Hall–Kier alpha value is -1.39. The van der Waals surface area contributed by atoms with Crippen LogP contribution in [0.3, 0.4) is 0 Å². The molecule has 114 valence electrons. The summed E-state index contributed by atoms with van der Waals surface area (Å²) < 4.78 is 0. The van der Waals surface area contributed by atoms with E-state index in [1.165, 1.54) is 0 Å². The van der Waals surface area contributed by atoms with Crippen molar-refractivity contribution < 1.29 is 19.2 Å². The van der Waals surface area contributed by atoms with Gasteiger partial charge in [-0.25, -0.2) is 4.79 Å². The number of nitrogens with zero attached hydrogens (tertiary/aromatic N) is 1. The summed E-state index contributed by atoms with van der Waals surface area (Å²) >= 11 is 0. The van der Waals surface area contributed by atoms with E-state index in [2.05, 4.69) is 6.92 Å². The van der Waals surface area contributed by atoms with Crippen molar-refractivity contribution in [2.45, 2.75) is 71.6 Å². The fourth-order valence-corrected chi connectivity index (χ4v) is 2.37. The van der Waals surface area contributed by atoms with E-state index in [1.54, 1.807) is 0 Å². The molecule has 1 rings (SSSR count). The van der Waals surface area contributed by atoms with E-state index in [1.807, 2.05) is 6.92 Å². The molecule has 0 aromatic rings. The highest BCUT2D eigenvalue weighted by Gasteiger charge is 2.34. The van der Waals surface area contributed by atoms with Crippen LogP contribution in [-0.4, -0.2) is 22.8 Å². The highest BCUT2D eigenvalue weighted by atomic mass is 16.7. The Morgan fingerprint density at radius 2 is 1.70 bits per heavy atom. The molecule has 0 saturated carbocycles. The number of rotatable bonds is 9. The highest BCUT2D eigenvalue weighted by Crippen LogP contribution is 2.20. The van der Waals surface area contributed by atoms with Crippen molar-refractivity contribution in [3.63, 3.8) is 0 Å². The molecule has 1 unspecified atom stereocenters. The summed E-state index contributed by atoms with van der Waals surface area (Å²) in [6.07, 6.45) is 7.07. The van der Waals surface area contributed by atoms with Gasteiger partial charge in [0.15, 0.2) is 0 Å². The van der Waals surface area contributed by atoms with Crippen LogP contribution in [0.2, 0.25) is 0 Å². The minimum Gasteiger partial charge on any atom is -0.330 e. The molecule has 0 bridgehead atoms. The van der Waals surface area contributed by atoms with E-state index in [4.69, 9.17) is 4.84 Å². The van der Waals surface area contributed by atoms with Gasteiger partial charge in [-0.1, -0.05) is 46.0 Å². The van der Waals surface area contributed by atoms with Crippen molar-refractivity contribution in [3.05, 3.63) is 0 Å². The first kappa shape index (κ1) is 16.7. The van der Waals surface area contributed by atoms with E-state index in [0.717, 1.165) is 44.9 Å². The SMILES string of the molecule is CCCCCCC(CCC)C(=O)ON1C(=O)CCC1=O. The fourth-order valence-electron chi connectivity index (χ4n) is 2.37. The van der Waals surface area contributed by atoms with Gasteiger partial charge in [0, 0.05) is 12.8 Å². The number of hydrogen-bond acceptors (Lipinski definition) is 4. The largest absolute Gasteiger partial charge is 0.336 e. The second-order valence-corrected chi connectivity index (χ2v) is 5.33. The van der Waals surface area contributed by atoms with Crippen LogP contribution in [0.4, 0.5) is 0 Å². The lowest BCUT2D eigenvalue weighted by atomic mass is 9.96. The van der Waals surface area contributed by atoms with E-state index in [-0.39, 0.29) is 18.8 Å². The molecule has 5 heteroatoms. The third-order valence-electron chi connectivity index (χ3n) is 3.56. The summed E-state index contributed by atoms with van der Waals surface area (Å²) in [6, 6.07) is 0. The Bertz CT molecular complexity index is 338. The number of unbranched alkanes of at least 4 members (excludes halogenated alkanes) is 3. The smallest absolute Gasteiger partial charge is 0.330 e. The zero-order valence-corrected chi connectivity index (χ0v) is 12.5. The van der Waals surface area contributed by atoms with Crippen molar-refractivity contribution in [2.24, 2.45) is 5.92 Å². The molecule has 1 atom stereocenters. The van der Waals surface area contributed by atoms with Gasteiger partial charge in [0.1, 0.15) is 0 Å². The lowest BCUT2D eigenvalue weighted by Gasteiger charge is -2.18. The normalized spacial score (nSPS) is 16.6. The lowest BCUT2D eigenvalue weighted by molar-refractivity contribution is -0.201. The average molecular weight is 283 g/mol. The number of hydroxylamine groups is 2. The van der Waals surface area contributed by atoms with Crippen molar-refractivity contribution in [1.29, 1.82) is 0 Å². The fraction of sp³-hybridized carbons (Fsp3) is 0.800. The third kappa shape index (κ3) is 4.94. The maximum absolute atomic E-state index is 12.1. The molecule has 0 aliphatic carbocycles. The maximum Gasteiger partial charge on any atom is 0.336 e. The third-order valence-corrected chi connectivity index (χ3v) is 3.56. The molecule has 1 fully saturated rings.